The first kappa shape index (κ1) is 15.6. The molecule has 0 bridgehead atoms. The van der Waals surface area contributed by atoms with Crippen LogP contribution < -0.4 is 10.1 Å². The molecule has 1 aromatic carbocycles. The van der Waals surface area contributed by atoms with Gasteiger partial charge in [0.15, 0.2) is 0 Å². The van der Waals surface area contributed by atoms with Gasteiger partial charge < -0.3 is 10.1 Å². The maximum atomic E-state index is 6.16. The van der Waals surface area contributed by atoms with Crippen molar-refractivity contribution in [2.45, 2.75) is 37.3 Å². The maximum Gasteiger partial charge on any atom is 0.137 e. The fourth-order valence-electron chi connectivity index (χ4n) is 3.33. The SMILES string of the molecule is CNC1CCC(c2ccc(Cl)c(OC)c2)(N(C)C)CC1. The Morgan fingerprint density at radius 1 is 1.30 bits per heavy atom. The molecule has 0 heterocycles. The van der Waals surface area contributed by atoms with Gasteiger partial charge in [-0.2, -0.15) is 0 Å². The molecule has 0 atom stereocenters. The molecule has 1 N–H and O–H groups in total. The Morgan fingerprint density at radius 3 is 2.45 bits per heavy atom. The summed E-state index contributed by atoms with van der Waals surface area (Å²) in [6.07, 6.45) is 4.69. The molecule has 4 heteroatoms. The molecule has 0 amide bonds. The molecular formula is C16H25ClN2O. The predicted octanol–water partition coefficient (Wildman–Crippen LogP) is 3.27. The third-order valence-corrected chi connectivity index (χ3v) is 5.08. The van der Waals surface area contributed by atoms with Gasteiger partial charge in [-0.25, -0.2) is 0 Å². The average Bonchev–Trinajstić information content (AvgIpc) is 2.47. The molecule has 0 spiro atoms. The highest BCUT2D eigenvalue weighted by atomic mass is 35.5. The first-order chi connectivity index (χ1) is 9.53. The predicted molar refractivity (Wildman–Crippen MR) is 84.7 cm³/mol. The van der Waals surface area contributed by atoms with Crippen LogP contribution in [-0.4, -0.2) is 39.2 Å². The Morgan fingerprint density at radius 2 is 1.95 bits per heavy atom. The van der Waals surface area contributed by atoms with Gasteiger partial charge in [-0.3, -0.25) is 4.90 Å². The van der Waals surface area contributed by atoms with Crippen molar-refractivity contribution in [2.24, 2.45) is 0 Å². The Bertz CT molecular complexity index is 454. The van der Waals surface area contributed by atoms with E-state index >= 15 is 0 Å². The zero-order chi connectivity index (χ0) is 14.8. The summed E-state index contributed by atoms with van der Waals surface area (Å²) in [5.41, 5.74) is 1.39. The van der Waals surface area contributed by atoms with Crippen molar-refractivity contribution in [1.29, 1.82) is 0 Å². The van der Waals surface area contributed by atoms with Crippen LogP contribution in [-0.2, 0) is 5.54 Å². The lowest BCUT2D eigenvalue weighted by Crippen LogP contribution is -2.47. The molecule has 1 aromatic rings. The van der Waals surface area contributed by atoms with Crippen molar-refractivity contribution >= 4 is 11.6 Å². The molecule has 1 aliphatic rings. The molecule has 1 saturated carbocycles. The Balaban J connectivity index is 2.34. The highest BCUT2D eigenvalue weighted by molar-refractivity contribution is 6.32. The highest BCUT2D eigenvalue weighted by Crippen LogP contribution is 2.43. The number of nitrogens with one attached hydrogen (secondary N) is 1. The third kappa shape index (κ3) is 2.80. The molecule has 0 aliphatic heterocycles. The highest BCUT2D eigenvalue weighted by Gasteiger charge is 2.38. The van der Waals surface area contributed by atoms with Gasteiger partial charge in [-0.15, -0.1) is 0 Å². The molecule has 0 aromatic heterocycles. The number of halogens is 1. The summed E-state index contributed by atoms with van der Waals surface area (Å²) >= 11 is 6.16. The second-order valence-electron chi connectivity index (χ2n) is 5.84. The van der Waals surface area contributed by atoms with Crippen LogP contribution in [0.5, 0.6) is 5.75 Å². The van der Waals surface area contributed by atoms with E-state index in [1.165, 1.54) is 18.4 Å². The minimum atomic E-state index is 0.0885. The fourth-order valence-corrected chi connectivity index (χ4v) is 3.52. The first-order valence-corrected chi connectivity index (χ1v) is 7.60. The molecule has 20 heavy (non-hydrogen) atoms. The van der Waals surface area contributed by atoms with E-state index in [4.69, 9.17) is 16.3 Å². The van der Waals surface area contributed by atoms with E-state index in [-0.39, 0.29) is 5.54 Å². The molecule has 0 radical (unpaired) electrons. The fraction of sp³-hybridized carbons (Fsp3) is 0.625. The van der Waals surface area contributed by atoms with Crippen molar-refractivity contribution in [3.63, 3.8) is 0 Å². The smallest absolute Gasteiger partial charge is 0.137 e. The molecule has 3 nitrogen and oxygen atoms in total. The van der Waals surface area contributed by atoms with Gasteiger partial charge in [-0.1, -0.05) is 17.7 Å². The van der Waals surface area contributed by atoms with Crippen LogP contribution >= 0.6 is 11.6 Å². The van der Waals surface area contributed by atoms with Crippen molar-refractivity contribution in [3.8, 4) is 5.75 Å². The van der Waals surface area contributed by atoms with E-state index in [2.05, 4.69) is 43.5 Å². The largest absolute Gasteiger partial charge is 0.495 e. The van der Waals surface area contributed by atoms with Gasteiger partial charge in [0.2, 0.25) is 0 Å². The van der Waals surface area contributed by atoms with Crippen LogP contribution in [0.15, 0.2) is 18.2 Å². The van der Waals surface area contributed by atoms with Gasteiger partial charge in [0, 0.05) is 11.6 Å². The first-order valence-electron chi connectivity index (χ1n) is 7.22. The molecule has 112 valence electrons. The zero-order valence-electron chi connectivity index (χ0n) is 12.9. The summed E-state index contributed by atoms with van der Waals surface area (Å²) in [6, 6.07) is 6.83. The number of hydrogen-bond acceptors (Lipinski definition) is 3. The van der Waals surface area contributed by atoms with Crippen molar-refractivity contribution < 1.29 is 4.74 Å². The number of hydrogen-bond donors (Lipinski definition) is 1. The van der Waals surface area contributed by atoms with E-state index in [1.807, 2.05) is 6.07 Å². The minimum absolute atomic E-state index is 0.0885. The van der Waals surface area contributed by atoms with Gasteiger partial charge in [0.1, 0.15) is 5.75 Å². The van der Waals surface area contributed by atoms with Crippen LogP contribution in [0.1, 0.15) is 31.2 Å². The minimum Gasteiger partial charge on any atom is -0.495 e. The van der Waals surface area contributed by atoms with Crippen LogP contribution in [0.2, 0.25) is 5.02 Å². The van der Waals surface area contributed by atoms with E-state index in [0.29, 0.717) is 11.1 Å². The number of benzene rings is 1. The summed E-state index contributed by atoms with van der Waals surface area (Å²) < 4.78 is 5.38. The maximum absolute atomic E-state index is 6.16. The van der Waals surface area contributed by atoms with Gasteiger partial charge >= 0.3 is 0 Å². The second kappa shape index (κ2) is 6.33. The number of rotatable bonds is 4. The van der Waals surface area contributed by atoms with Crippen molar-refractivity contribution in [1.82, 2.24) is 10.2 Å². The summed E-state index contributed by atoms with van der Waals surface area (Å²) in [5.74, 6) is 0.765. The number of ether oxygens (including phenoxy) is 1. The Kier molecular flexibility index (Phi) is 4.95. The molecular weight excluding hydrogens is 272 g/mol. The molecule has 0 unspecified atom stereocenters. The molecule has 1 aliphatic carbocycles. The number of nitrogens with zero attached hydrogens (tertiary/aromatic N) is 1. The van der Waals surface area contributed by atoms with E-state index in [0.717, 1.165) is 18.6 Å². The summed E-state index contributed by atoms with van der Waals surface area (Å²) in [7, 11) is 8.06. The molecule has 0 saturated heterocycles. The lowest BCUT2D eigenvalue weighted by Gasteiger charge is -2.45. The van der Waals surface area contributed by atoms with E-state index < -0.39 is 0 Å². The van der Waals surface area contributed by atoms with E-state index in [1.54, 1.807) is 7.11 Å². The molecule has 2 rings (SSSR count). The van der Waals surface area contributed by atoms with Crippen molar-refractivity contribution in [2.75, 3.05) is 28.3 Å². The zero-order valence-corrected chi connectivity index (χ0v) is 13.6. The van der Waals surface area contributed by atoms with Gasteiger partial charge in [0.25, 0.3) is 0 Å². The van der Waals surface area contributed by atoms with Crippen LogP contribution in [0, 0.1) is 0 Å². The Hall–Kier alpha value is -0.770. The lowest BCUT2D eigenvalue weighted by atomic mass is 9.74. The van der Waals surface area contributed by atoms with Gasteiger partial charge in [-0.05, 0) is 64.5 Å². The van der Waals surface area contributed by atoms with Crippen LogP contribution in [0.25, 0.3) is 0 Å². The quantitative estimate of drug-likeness (QED) is 0.923. The Labute approximate surface area is 127 Å². The summed E-state index contributed by atoms with van der Waals surface area (Å²) in [6.45, 7) is 0. The normalized spacial score (nSPS) is 26.8. The van der Waals surface area contributed by atoms with Crippen LogP contribution in [0.4, 0.5) is 0 Å². The lowest BCUT2D eigenvalue weighted by molar-refractivity contribution is 0.0868. The average molecular weight is 297 g/mol. The standard InChI is InChI=1S/C16H25ClN2O/c1-18-13-7-9-16(10-8-13,19(2)3)12-5-6-14(17)15(11-12)20-4/h5-6,11,13,18H,7-10H2,1-4H3. The van der Waals surface area contributed by atoms with Crippen molar-refractivity contribution in [3.05, 3.63) is 28.8 Å². The van der Waals surface area contributed by atoms with Crippen LogP contribution in [0.3, 0.4) is 0 Å². The van der Waals surface area contributed by atoms with E-state index in [9.17, 15) is 0 Å². The monoisotopic (exact) mass is 296 g/mol. The topological polar surface area (TPSA) is 24.5 Å². The second-order valence-corrected chi connectivity index (χ2v) is 6.25. The van der Waals surface area contributed by atoms with Gasteiger partial charge in [0.05, 0.1) is 12.1 Å². The summed E-state index contributed by atoms with van der Waals surface area (Å²) in [5, 5.41) is 4.07. The number of methoxy groups -OCH3 is 1. The summed E-state index contributed by atoms with van der Waals surface area (Å²) in [4.78, 5) is 2.35. The third-order valence-electron chi connectivity index (χ3n) is 4.77. The molecule has 1 fully saturated rings.